The van der Waals surface area contributed by atoms with Crippen molar-refractivity contribution >= 4 is 28.9 Å². The number of carbonyl (C=O) groups excluding carboxylic acids is 2. The van der Waals surface area contributed by atoms with Crippen LogP contribution in [0.15, 0.2) is 47.8 Å². The van der Waals surface area contributed by atoms with Crippen LogP contribution in [0.25, 0.3) is 0 Å². The molecule has 0 spiro atoms. The van der Waals surface area contributed by atoms with Crippen molar-refractivity contribution in [1.29, 1.82) is 0 Å². The van der Waals surface area contributed by atoms with E-state index in [-0.39, 0.29) is 18.2 Å². The Hall–Kier alpha value is -2.96. The van der Waals surface area contributed by atoms with Crippen LogP contribution in [-0.2, 0) is 16.6 Å². The highest BCUT2D eigenvalue weighted by Gasteiger charge is 2.25. The molecule has 1 aromatic carbocycles. The highest BCUT2D eigenvalue weighted by atomic mass is 16.2. The molecule has 0 atom stereocenters. The Kier molecular flexibility index (Phi) is 3.69. The fourth-order valence-corrected chi connectivity index (χ4v) is 2.18. The molecule has 3 rings (SSSR count). The molecule has 2 aromatic rings. The summed E-state index contributed by atoms with van der Waals surface area (Å²) in [5.74, 6) is -0.439. The van der Waals surface area contributed by atoms with Crippen LogP contribution in [-0.4, -0.2) is 27.3 Å². The van der Waals surface area contributed by atoms with Crippen LogP contribution in [0.3, 0.4) is 0 Å². The van der Waals surface area contributed by atoms with Gasteiger partial charge in [-0.2, -0.15) is 10.2 Å². The van der Waals surface area contributed by atoms with Crippen LogP contribution in [0.5, 0.6) is 0 Å². The van der Waals surface area contributed by atoms with Gasteiger partial charge in [-0.05, 0) is 12.1 Å². The first-order chi connectivity index (χ1) is 10.6. The summed E-state index contributed by atoms with van der Waals surface area (Å²) in [7, 11) is 1.77. The number of nitrogens with zero attached hydrogens (tertiary/aromatic N) is 4. The van der Waals surface area contributed by atoms with E-state index in [1.165, 1.54) is 5.01 Å². The van der Waals surface area contributed by atoms with Crippen molar-refractivity contribution in [2.45, 2.75) is 12.8 Å². The number of para-hydroxylation sites is 1. The number of benzene rings is 1. The molecular weight excluding hydrogens is 282 g/mol. The van der Waals surface area contributed by atoms with Crippen LogP contribution < -0.4 is 10.3 Å². The number of hydrogen-bond acceptors (Lipinski definition) is 4. The van der Waals surface area contributed by atoms with Crippen molar-refractivity contribution < 1.29 is 9.59 Å². The monoisotopic (exact) mass is 297 g/mol. The summed E-state index contributed by atoms with van der Waals surface area (Å²) in [6, 6.07) is 9.06. The largest absolute Gasteiger partial charge is 0.318 e. The topological polar surface area (TPSA) is 79.6 Å². The van der Waals surface area contributed by atoms with Gasteiger partial charge in [0.05, 0.1) is 17.6 Å². The molecule has 0 saturated carbocycles. The molecule has 0 radical (unpaired) electrons. The third-order valence-corrected chi connectivity index (χ3v) is 3.26. The molecule has 1 N–H and O–H groups in total. The molecule has 7 heteroatoms. The highest BCUT2D eigenvalue weighted by molar-refractivity contribution is 6.44. The predicted octanol–water partition coefficient (Wildman–Crippen LogP) is 1.54. The summed E-state index contributed by atoms with van der Waals surface area (Å²) in [5, 5.41) is 12.2. The van der Waals surface area contributed by atoms with Crippen LogP contribution in [0.1, 0.15) is 12.8 Å². The Morgan fingerprint density at radius 3 is 2.68 bits per heavy atom. The molecule has 0 saturated heterocycles. The van der Waals surface area contributed by atoms with E-state index in [2.05, 4.69) is 15.5 Å². The number of anilines is 2. The molecule has 0 bridgehead atoms. The van der Waals surface area contributed by atoms with Crippen molar-refractivity contribution in [1.82, 2.24) is 9.78 Å². The minimum Gasteiger partial charge on any atom is -0.318 e. The lowest BCUT2D eigenvalue weighted by Gasteiger charge is -2.22. The normalized spacial score (nSPS) is 14.7. The maximum atomic E-state index is 12.2. The van der Waals surface area contributed by atoms with Crippen molar-refractivity contribution in [2.24, 2.45) is 12.1 Å². The molecule has 1 aliphatic rings. The van der Waals surface area contributed by atoms with Crippen LogP contribution in [0.2, 0.25) is 0 Å². The molecule has 0 fully saturated rings. The first-order valence-corrected chi connectivity index (χ1v) is 6.89. The fourth-order valence-electron chi connectivity index (χ4n) is 2.18. The standard InChI is InChI=1S/C15H15N5O2/c1-19-10-11(9-16-19)17-15(22)13-7-8-14(21)20(18-13)12-5-3-2-4-6-12/h2-6,9-10H,7-8H2,1H3,(H,17,22). The molecule has 1 aromatic heterocycles. The zero-order valence-corrected chi connectivity index (χ0v) is 12.1. The van der Waals surface area contributed by atoms with Gasteiger partial charge in [0.2, 0.25) is 5.91 Å². The summed E-state index contributed by atoms with van der Waals surface area (Å²) < 4.78 is 1.60. The van der Waals surface area contributed by atoms with Gasteiger partial charge in [0, 0.05) is 26.1 Å². The molecule has 112 valence electrons. The van der Waals surface area contributed by atoms with Crippen LogP contribution in [0.4, 0.5) is 11.4 Å². The number of amides is 2. The van der Waals surface area contributed by atoms with E-state index in [0.717, 1.165) is 0 Å². The van der Waals surface area contributed by atoms with Gasteiger partial charge in [0.25, 0.3) is 5.91 Å². The first kappa shape index (κ1) is 14.0. The Morgan fingerprint density at radius 2 is 2.00 bits per heavy atom. The highest BCUT2D eigenvalue weighted by Crippen LogP contribution is 2.20. The van der Waals surface area contributed by atoms with Gasteiger partial charge in [-0.15, -0.1) is 0 Å². The Balaban J connectivity index is 1.81. The minimum absolute atomic E-state index is 0.121. The number of hydrazone groups is 1. The SMILES string of the molecule is Cn1cc(NC(=O)C2=NN(c3ccccc3)C(=O)CC2)cn1. The van der Waals surface area contributed by atoms with Crippen LogP contribution >= 0.6 is 0 Å². The Bertz CT molecular complexity index is 735. The van der Waals surface area contributed by atoms with Gasteiger partial charge in [-0.1, -0.05) is 18.2 Å². The van der Waals surface area contributed by atoms with Gasteiger partial charge in [-0.3, -0.25) is 14.3 Å². The second kappa shape index (κ2) is 5.80. The number of aromatic nitrogens is 2. The number of hydrogen-bond donors (Lipinski definition) is 1. The zero-order chi connectivity index (χ0) is 15.5. The van der Waals surface area contributed by atoms with E-state index in [4.69, 9.17) is 0 Å². The molecule has 7 nitrogen and oxygen atoms in total. The number of rotatable bonds is 3. The lowest BCUT2D eigenvalue weighted by atomic mass is 10.1. The van der Waals surface area contributed by atoms with E-state index in [1.807, 2.05) is 18.2 Å². The third-order valence-electron chi connectivity index (χ3n) is 3.26. The second-order valence-corrected chi connectivity index (χ2v) is 4.94. The van der Waals surface area contributed by atoms with Crippen molar-refractivity contribution in [2.75, 3.05) is 10.3 Å². The Labute approximate surface area is 127 Å². The van der Waals surface area contributed by atoms with E-state index in [0.29, 0.717) is 23.5 Å². The van der Waals surface area contributed by atoms with Gasteiger partial charge in [0.15, 0.2) is 0 Å². The van der Waals surface area contributed by atoms with Crippen molar-refractivity contribution in [3.8, 4) is 0 Å². The van der Waals surface area contributed by atoms with Crippen molar-refractivity contribution in [3.63, 3.8) is 0 Å². The average molecular weight is 297 g/mol. The predicted molar refractivity (Wildman–Crippen MR) is 82.4 cm³/mol. The molecule has 2 amide bonds. The fraction of sp³-hybridized carbons (Fsp3) is 0.200. The van der Waals surface area contributed by atoms with Gasteiger partial charge in [-0.25, -0.2) is 5.01 Å². The van der Waals surface area contributed by atoms with Gasteiger partial charge >= 0.3 is 0 Å². The number of aryl methyl sites for hydroxylation is 1. The second-order valence-electron chi connectivity index (χ2n) is 4.94. The number of nitrogens with one attached hydrogen (secondary N) is 1. The molecule has 0 aliphatic carbocycles. The minimum atomic E-state index is -0.318. The summed E-state index contributed by atoms with van der Waals surface area (Å²) >= 11 is 0. The summed E-state index contributed by atoms with van der Waals surface area (Å²) in [6.07, 6.45) is 3.84. The zero-order valence-electron chi connectivity index (χ0n) is 12.1. The maximum Gasteiger partial charge on any atom is 0.271 e. The maximum absolute atomic E-state index is 12.2. The van der Waals surface area contributed by atoms with Gasteiger partial charge < -0.3 is 5.32 Å². The van der Waals surface area contributed by atoms with E-state index in [1.54, 1.807) is 36.3 Å². The lowest BCUT2D eigenvalue weighted by Crippen LogP contribution is -2.36. The van der Waals surface area contributed by atoms with E-state index in [9.17, 15) is 9.59 Å². The molecule has 22 heavy (non-hydrogen) atoms. The van der Waals surface area contributed by atoms with E-state index < -0.39 is 0 Å². The van der Waals surface area contributed by atoms with Crippen molar-refractivity contribution in [3.05, 3.63) is 42.7 Å². The first-order valence-electron chi connectivity index (χ1n) is 6.89. The lowest BCUT2D eigenvalue weighted by molar-refractivity contribution is -0.118. The number of carbonyl (C=O) groups is 2. The third kappa shape index (κ3) is 2.88. The van der Waals surface area contributed by atoms with E-state index >= 15 is 0 Å². The molecule has 0 unspecified atom stereocenters. The summed E-state index contributed by atoms with van der Waals surface area (Å²) in [6.45, 7) is 0. The average Bonchev–Trinajstić information content (AvgIpc) is 2.93. The summed E-state index contributed by atoms with van der Waals surface area (Å²) in [4.78, 5) is 24.2. The van der Waals surface area contributed by atoms with Crippen LogP contribution in [0, 0.1) is 0 Å². The quantitative estimate of drug-likeness (QED) is 0.933. The molecule has 2 heterocycles. The smallest absolute Gasteiger partial charge is 0.271 e. The molecule has 1 aliphatic heterocycles. The van der Waals surface area contributed by atoms with Gasteiger partial charge in [0.1, 0.15) is 5.71 Å². The Morgan fingerprint density at radius 1 is 1.23 bits per heavy atom. The summed E-state index contributed by atoms with van der Waals surface area (Å²) in [5.41, 5.74) is 1.57. The molecular formula is C15H15N5O2.